The first-order chi connectivity index (χ1) is 13.9. The summed E-state index contributed by atoms with van der Waals surface area (Å²) in [6.45, 7) is 10.5. The van der Waals surface area contributed by atoms with Crippen LogP contribution in [0.2, 0.25) is 0 Å². The van der Waals surface area contributed by atoms with E-state index in [0.717, 1.165) is 43.0 Å². The highest BCUT2D eigenvalue weighted by atomic mass is 32.2. The van der Waals surface area contributed by atoms with E-state index in [4.69, 9.17) is 9.47 Å². The highest BCUT2D eigenvalue weighted by Crippen LogP contribution is 2.42. The topological polar surface area (TPSA) is 42.0 Å². The zero-order valence-corrected chi connectivity index (χ0v) is 19.3. The van der Waals surface area contributed by atoms with Gasteiger partial charge in [0.1, 0.15) is 5.37 Å². The van der Waals surface area contributed by atoms with E-state index >= 15 is 0 Å². The number of hydrogen-bond donors (Lipinski definition) is 0. The molecule has 29 heavy (non-hydrogen) atoms. The van der Waals surface area contributed by atoms with Gasteiger partial charge in [0.15, 0.2) is 11.5 Å². The Morgan fingerprint density at radius 1 is 1.14 bits per heavy atom. The molecule has 1 aromatic carbocycles. The van der Waals surface area contributed by atoms with Gasteiger partial charge in [-0.3, -0.25) is 9.69 Å². The number of benzene rings is 1. The Balaban J connectivity index is 1.75. The van der Waals surface area contributed by atoms with Gasteiger partial charge < -0.3 is 14.4 Å². The summed E-state index contributed by atoms with van der Waals surface area (Å²) in [5, 5.41) is 0.0421. The summed E-state index contributed by atoms with van der Waals surface area (Å²) in [7, 11) is 1.68. The van der Waals surface area contributed by atoms with Gasteiger partial charge in [0.25, 0.3) is 0 Å². The van der Waals surface area contributed by atoms with Crippen molar-refractivity contribution in [2.75, 3.05) is 26.0 Å². The molecule has 6 heteroatoms. The predicted octanol–water partition coefficient (Wildman–Crippen LogP) is 4.71. The molecule has 2 aliphatic rings. The molecule has 2 fully saturated rings. The van der Waals surface area contributed by atoms with Crippen molar-refractivity contribution < 1.29 is 14.3 Å². The molecule has 162 valence electrons. The fourth-order valence-corrected chi connectivity index (χ4v) is 5.64. The van der Waals surface area contributed by atoms with Crippen molar-refractivity contribution in [1.29, 1.82) is 0 Å². The normalized spacial score (nSPS) is 20.5. The second-order valence-electron chi connectivity index (χ2n) is 8.61. The second kappa shape index (κ2) is 10.1. The molecule has 1 atom stereocenters. The van der Waals surface area contributed by atoms with E-state index in [2.05, 4.69) is 44.7 Å². The van der Waals surface area contributed by atoms with E-state index in [1.165, 1.54) is 12.8 Å². The molecule has 1 aliphatic heterocycles. The Hall–Kier alpha value is -1.40. The Morgan fingerprint density at radius 3 is 2.45 bits per heavy atom. The number of nitrogens with zero attached hydrogens (tertiary/aromatic N) is 2. The zero-order valence-electron chi connectivity index (χ0n) is 18.5. The molecule has 1 aliphatic carbocycles. The van der Waals surface area contributed by atoms with Gasteiger partial charge in [0.05, 0.1) is 19.0 Å². The van der Waals surface area contributed by atoms with Gasteiger partial charge in [-0.2, -0.15) is 0 Å². The van der Waals surface area contributed by atoms with E-state index < -0.39 is 0 Å². The molecule has 1 aromatic rings. The summed E-state index contributed by atoms with van der Waals surface area (Å²) >= 11 is 1.71. The van der Waals surface area contributed by atoms with Crippen molar-refractivity contribution in [2.45, 2.75) is 76.9 Å². The van der Waals surface area contributed by atoms with E-state index in [-0.39, 0.29) is 17.4 Å². The third-order valence-corrected chi connectivity index (χ3v) is 7.22. The smallest absolute Gasteiger partial charge is 0.233 e. The minimum atomic E-state index is 0.0421. The molecule has 1 heterocycles. The summed E-state index contributed by atoms with van der Waals surface area (Å²) in [6.07, 6.45) is 4.96. The van der Waals surface area contributed by atoms with Crippen LogP contribution in [0.3, 0.4) is 0 Å². The van der Waals surface area contributed by atoms with Crippen LogP contribution in [-0.2, 0) is 4.79 Å². The number of amides is 1. The van der Waals surface area contributed by atoms with Crippen LogP contribution < -0.4 is 9.47 Å². The van der Waals surface area contributed by atoms with Crippen molar-refractivity contribution in [3.8, 4) is 11.5 Å². The van der Waals surface area contributed by atoms with Crippen LogP contribution in [0.5, 0.6) is 11.5 Å². The fraction of sp³-hybridized carbons (Fsp3) is 0.696. The number of methoxy groups -OCH3 is 1. The summed E-state index contributed by atoms with van der Waals surface area (Å²) in [4.78, 5) is 17.1. The number of hydrogen-bond acceptors (Lipinski definition) is 5. The quantitative estimate of drug-likeness (QED) is 0.579. The Bertz CT molecular complexity index is 681. The van der Waals surface area contributed by atoms with E-state index in [0.29, 0.717) is 17.8 Å². The third-order valence-electron chi connectivity index (χ3n) is 5.96. The SMILES string of the molecule is COc1ccc(C2SCC(=O)N2CCN(C(C)C)C(C)C)cc1OC1CCCC1. The first-order valence-corrected chi connectivity index (χ1v) is 12.0. The first kappa shape index (κ1) is 22.3. The van der Waals surface area contributed by atoms with Crippen molar-refractivity contribution in [1.82, 2.24) is 9.80 Å². The zero-order chi connectivity index (χ0) is 21.0. The van der Waals surface area contributed by atoms with Gasteiger partial charge in [0, 0.05) is 25.2 Å². The van der Waals surface area contributed by atoms with Gasteiger partial charge in [-0.15, -0.1) is 11.8 Å². The van der Waals surface area contributed by atoms with Gasteiger partial charge in [-0.25, -0.2) is 0 Å². The maximum absolute atomic E-state index is 12.6. The van der Waals surface area contributed by atoms with Gasteiger partial charge in [-0.05, 0) is 71.1 Å². The van der Waals surface area contributed by atoms with Crippen LogP contribution in [0.1, 0.15) is 64.3 Å². The maximum Gasteiger partial charge on any atom is 0.233 e. The molecular weight excluding hydrogens is 384 g/mol. The van der Waals surface area contributed by atoms with Crippen molar-refractivity contribution in [3.05, 3.63) is 23.8 Å². The van der Waals surface area contributed by atoms with Gasteiger partial charge in [0.2, 0.25) is 5.91 Å². The molecule has 0 N–H and O–H groups in total. The van der Waals surface area contributed by atoms with E-state index in [1.54, 1.807) is 18.9 Å². The molecular formula is C23H36N2O3S. The molecule has 1 saturated heterocycles. The summed E-state index contributed by atoms with van der Waals surface area (Å²) in [5.74, 6) is 2.34. The minimum Gasteiger partial charge on any atom is -0.493 e. The third kappa shape index (κ3) is 5.40. The highest BCUT2D eigenvalue weighted by molar-refractivity contribution is 8.00. The standard InChI is InChI=1S/C23H36N2O3S/c1-16(2)24(17(3)4)12-13-25-22(26)15-29-23(25)18-10-11-20(27-5)21(14-18)28-19-8-6-7-9-19/h10-11,14,16-17,19,23H,6-9,12-13,15H2,1-5H3. The Labute approximate surface area is 180 Å². The maximum atomic E-state index is 12.6. The minimum absolute atomic E-state index is 0.0421. The van der Waals surface area contributed by atoms with E-state index in [9.17, 15) is 4.79 Å². The van der Waals surface area contributed by atoms with Crippen LogP contribution in [0.25, 0.3) is 0 Å². The monoisotopic (exact) mass is 420 g/mol. The Morgan fingerprint density at radius 2 is 1.83 bits per heavy atom. The molecule has 1 unspecified atom stereocenters. The summed E-state index contributed by atoms with van der Waals surface area (Å²) < 4.78 is 11.8. The molecule has 0 radical (unpaired) electrons. The lowest BCUT2D eigenvalue weighted by atomic mass is 10.1. The molecule has 3 rings (SSSR count). The van der Waals surface area contributed by atoms with Crippen LogP contribution in [0, 0.1) is 0 Å². The number of carbonyl (C=O) groups excluding carboxylic acids is 1. The predicted molar refractivity (Wildman–Crippen MR) is 120 cm³/mol. The largest absolute Gasteiger partial charge is 0.493 e. The van der Waals surface area contributed by atoms with Crippen molar-refractivity contribution >= 4 is 17.7 Å². The molecule has 0 spiro atoms. The average Bonchev–Trinajstić information content (AvgIpc) is 3.31. The molecule has 0 bridgehead atoms. The van der Waals surface area contributed by atoms with E-state index in [1.807, 2.05) is 11.0 Å². The molecule has 5 nitrogen and oxygen atoms in total. The average molecular weight is 421 g/mol. The van der Waals surface area contributed by atoms with Crippen LogP contribution >= 0.6 is 11.8 Å². The summed E-state index contributed by atoms with van der Waals surface area (Å²) in [5.41, 5.74) is 1.12. The lowest BCUT2D eigenvalue weighted by molar-refractivity contribution is -0.128. The second-order valence-corrected chi connectivity index (χ2v) is 9.68. The number of rotatable bonds is 9. The molecule has 0 aromatic heterocycles. The van der Waals surface area contributed by atoms with Gasteiger partial charge in [-0.1, -0.05) is 6.07 Å². The highest BCUT2D eigenvalue weighted by Gasteiger charge is 2.34. The molecule has 1 amide bonds. The fourth-order valence-electron chi connectivity index (χ4n) is 4.43. The first-order valence-electron chi connectivity index (χ1n) is 10.9. The van der Waals surface area contributed by atoms with Crippen LogP contribution in [0.4, 0.5) is 0 Å². The Kier molecular flexibility index (Phi) is 7.74. The lowest BCUT2D eigenvalue weighted by Crippen LogP contribution is -2.43. The summed E-state index contributed by atoms with van der Waals surface area (Å²) in [6, 6.07) is 7.07. The van der Waals surface area contributed by atoms with Crippen LogP contribution in [-0.4, -0.2) is 59.8 Å². The number of ether oxygens (including phenoxy) is 2. The lowest BCUT2D eigenvalue weighted by Gasteiger charge is -2.33. The van der Waals surface area contributed by atoms with Crippen LogP contribution in [0.15, 0.2) is 18.2 Å². The van der Waals surface area contributed by atoms with Gasteiger partial charge >= 0.3 is 0 Å². The van der Waals surface area contributed by atoms with Crippen molar-refractivity contribution in [3.63, 3.8) is 0 Å². The molecule has 1 saturated carbocycles. The number of thioether (sulfide) groups is 1. The van der Waals surface area contributed by atoms with Crippen molar-refractivity contribution in [2.24, 2.45) is 0 Å². The number of carbonyl (C=O) groups is 1.